The summed E-state index contributed by atoms with van der Waals surface area (Å²) in [5.74, 6) is 2.26. The largest absolute Gasteiger partial charge is 0.508 e. The lowest BCUT2D eigenvalue weighted by atomic mass is 9.89. The van der Waals surface area contributed by atoms with E-state index in [9.17, 15) is 14.7 Å². The number of nitrogens with zero attached hydrogens (tertiary/aromatic N) is 5. The minimum Gasteiger partial charge on any atom is -0.508 e. The van der Waals surface area contributed by atoms with Crippen molar-refractivity contribution in [3.63, 3.8) is 0 Å². The van der Waals surface area contributed by atoms with Crippen LogP contribution in [-0.4, -0.2) is 44.6 Å². The topological polar surface area (TPSA) is 83.1 Å². The molecule has 208 valence electrons. The molecule has 8 heteroatoms. The molecular formula is C32H37N5O3. The Bertz CT molecular complexity index is 1560. The summed E-state index contributed by atoms with van der Waals surface area (Å²) in [5.41, 5.74) is 3.97. The summed E-state index contributed by atoms with van der Waals surface area (Å²) in [5, 5.41) is 9.89. The molecule has 2 aromatic carbocycles. The van der Waals surface area contributed by atoms with Gasteiger partial charge in [0.1, 0.15) is 11.6 Å². The number of hydrogen-bond donors (Lipinski definition) is 1. The van der Waals surface area contributed by atoms with Gasteiger partial charge in [-0.25, -0.2) is 0 Å². The smallest absolute Gasteiger partial charge is 0.261 e. The first-order valence-electron chi connectivity index (χ1n) is 14.6. The third-order valence-corrected chi connectivity index (χ3v) is 8.40. The highest BCUT2D eigenvalue weighted by Gasteiger charge is 2.24. The van der Waals surface area contributed by atoms with Crippen molar-refractivity contribution in [2.24, 2.45) is 0 Å². The Morgan fingerprint density at radius 2 is 1.77 bits per heavy atom. The van der Waals surface area contributed by atoms with Crippen molar-refractivity contribution < 1.29 is 9.90 Å². The van der Waals surface area contributed by atoms with E-state index in [0.717, 1.165) is 93.0 Å². The highest BCUT2D eigenvalue weighted by Crippen LogP contribution is 2.32. The lowest BCUT2D eigenvalue weighted by Gasteiger charge is -2.33. The summed E-state index contributed by atoms with van der Waals surface area (Å²) in [4.78, 5) is 34.7. The van der Waals surface area contributed by atoms with Crippen molar-refractivity contribution >= 4 is 23.2 Å². The number of amides is 1. The van der Waals surface area contributed by atoms with Crippen molar-refractivity contribution in [2.45, 2.75) is 64.3 Å². The zero-order chi connectivity index (χ0) is 27.6. The van der Waals surface area contributed by atoms with E-state index in [4.69, 9.17) is 4.98 Å². The molecule has 2 fully saturated rings. The lowest BCUT2D eigenvalue weighted by molar-refractivity contribution is -0.117. The number of fused-ring (bicyclic) bond motifs is 1. The molecule has 0 aliphatic carbocycles. The molecule has 6 rings (SSSR count). The fourth-order valence-corrected chi connectivity index (χ4v) is 6.17. The number of rotatable bonds is 8. The van der Waals surface area contributed by atoms with Crippen LogP contribution in [0.3, 0.4) is 0 Å². The number of phenols is 1. The van der Waals surface area contributed by atoms with Crippen LogP contribution >= 0.6 is 0 Å². The second-order valence-electron chi connectivity index (χ2n) is 11.0. The van der Waals surface area contributed by atoms with Gasteiger partial charge >= 0.3 is 0 Å². The number of aromatic nitrogens is 3. The summed E-state index contributed by atoms with van der Waals surface area (Å²) in [6, 6.07) is 17.3. The quantitative estimate of drug-likeness (QED) is 0.296. The van der Waals surface area contributed by atoms with Gasteiger partial charge in [-0.2, -0.15) is 4.98 Å². The molecule has 1 amide bonds. The number of hydrogen-bond acceptors (Lipinski definition) is 5. The third-order valence-electron chi connectivity index (χ3n) is 8.40. The first-order valence-corrected chi connectivity index (χ1v) is 14.6. The molecule has 2 aliphatic heterocycles. The first-order chi connectivity index (χ1) is 19.5. The Kier molecular flexibility index (Phi) is 7.32. The van der Waals surface area contributed by atoms with Crippen molar-refractivity contribution in [3.05, 3.63) is 76.7 Å². The number of aromatic hydroxyl groups is 1. The van der Waals surface area contributed by atoms with E-state index in [-0.39, 0.29) is 11.5 Å². The first kappa shape index (κ1) is 26.2. The summed E-state index contributed by atoms with van der Waals surface area (Å²) in [6.07, 6.45) is 8.52. The van der Waals surface area contributed by atoms with E-state index in [2.05, 4.69) is 22.5 Å². The number of imidazole rings is 1. The zero-order valence-electron chi connectivity index (χ0n) is 23.1. The van der Waals surface area contributed by atoms with Crippen LogP contribution in [0.4, 0.5) is 11.5 Å². The summed E-state index contributed by atoms with van der Waals surface area (Å²) < 4.78 is 3.85. The van der Waals surface area contributed by atoms with Crippen LogP contribution in [0.15, 0.2) is 65.6 Å². The van der Waals surface area contributed by atoms with Crippen LogP contribution in [0.2, 0.25) is 0 Å². The summed E-state index contributed by atoms with van der Waals surface area (Å²) >= 11 is 0. The monoisotopic (exact) mass is 539 g/mol. The molecule has 1 N–H and O–H groups in total. The van der Waals surface area contributed by atoms with Crippen LogP contribution in [0.25, 0.3) is 17.0 Å². The van der Waals surface area contributed by atoms with E-state index in [1.807, 2.05) is 47.5 Å². The SMILES string of the molecule is CCCCCn1c(-c2ccc(N3CCCC3=O)cc2)cn2c(=O)cc(N3CCC(c4cccc(O)c4)CC3)nc12. The summed E-state index contributed by atoms with van der Waals surface area (Å²) in [6.45, 7) is 5.35. The van der Waals surface area contributed by atoms with E-state index in [0.29, 0.717) is 23.9 Å². The van der Waals surface area contributed by atoms with Gasteiger partial charge in [0, 0.05) is 50.6 Å². The van der Waals surface area contributed by atoms with Crippen LogP contribution in [0, 0.1) is 0 Å². The van der Waals surface area contributed by atoms with Crippen LogP contribution in [0.5, 0.6) is 5.75 Å². The standard InChI is InChI=1S/C32H37N5O3/c1-2-3-4-16-36-28(24-10-12-26(13-11-24)35-17-6-9-30(35)39)22-37-31(40)21-29(33-32(36)37)34-18-14-23(15-19-34)25-7-5-8-27(38)20-25/h5,7-8,10-13,20-23,38H,2-4,6,9,14-19H2,1H3. The van der Waals surface area contributed by atoms with E-state index in [1.165, 1.54) is 0 Å². The number of piperidine rings is 1. The number of anilines is 2. The van der Waals surface area contributed by atoms with Crippen LogP contribution in [-0.2, 0) is 11.3 Å². The van der Waals surface area contributed by atoms with Gasteiger partial charge in [-0.1, -0.05) is 44.0 Å². The molecule has 2 aliphatic rings. The molecule has 0 saturated carbocycles. The van der Waals surface area contributed by atoms with E-state index in [1.54, 1.807) is 16.5 Å². The van der Waals surface area contributed by atoms with Crippen LogP contribution in [0.1, 0.15) is 63.4 Å². The number of benzene rings is 2. The van der Waals surface area contributed by atoms with Crippen LogP contribution < -0.4 is 15.4 Å². The maximum Gasteiger partial charge on any atom is 0.261 e. The minimum atomic E-state index is -0.0788. The number of phenolic OH excluding ortho intramolecular Hbond substituents is 1. The van der Waals surface area contributed by atoms with Gasteiger partial charge in [-0.3, -0.25) is 14.0 Å². The molecule has 2 aromatic heterocycles. The molecule has 4 aromatic rings. The maximum atomic E-state index is 13.4. The highest BCUT2D eigenvalue weighted by molar-refractivity contribution is 5.95. The maximum absolute atomic E-state index is 13.4. The van der Waals surface area contributed by atoms with Gasteiger partial charge in [0.05, 0.1) is 5.69 Å². The van der Waals surface area contributed by atoms with Crippen molar-refractivity contribution in [1.82, 2.24) is 14.0 Å². The molecular weight excluding hydrogens is 502 g/mol. The van der Waals surface area contributed by atoms with Crippen molar-refractivity contribution in [2.75, 3.05) is 29.4 Å². The molecule has 0 unspecified atom stereocenters. The second-order valence-corrected chi connectivity index (χ2v) is 11.0. The molecule has 8 nitrogen and oxygen atoms in total. The van der Waals surface area contributed by atoms with Gasteiger partial charge in [-0.05, 0) is 67.0 Å². The van der Waals surface area contributed by atoms with Gasteiger partial charge in [0.2, 0.25) is 11.7 Å². The predicted octanol–water partition coefficient (Wildman–Crippen LogP) is 5.57. The number of carbonyl (C=O) groups excluding carboxylic acids is 1. The Morgan fingerprint density at radius 1 is 0.975 bits per heavy atom. The molecule has 0 atom stereocenters. The second kappa shape index (κ2) is 11.2. The van der Waals surface area contributed by atoms with Gasteiger partial charge in [0.15, 0.2) is 0 Å². The molecule has 0 bridgehead atoms. The van der Waals surface area contributed by atoms with Gasteiger partial charge in [-0.15, -0.1) is 0 Å². The van der Waals surface area contributed by atoms with Crippen molar-refractivity contribution in [1.29, 1.82) is 0 Å². The Morgan fingerprint density at radius 3 is 2.48 bits per heavy atom. The average Bonchev–Trinajstić information content (AvgIpc) is 3.57. The Hall–Kier alpha value is -4.07. The molecule has 0 radical (unpaired) electrons. The molecule has 4 heterocycles. The Labute approximate surface area is 234 Å². The van der Waals surface area contributed by atoms with E-state index >= 15 is 0 Å². The zero-order valence-corrected chi connectivity index (χ0v) is 23.1. The third kappa shape index (κ3) is 5.10. The van der Waals surface area contributed by atoms with Gasteiger partial charge in [0.25, 0.3) is 5.56 Å². The summed E-state index contributed by atoms with van der Waals surface area (Å²) in [7, 11) is 0. The number of unbranched alkanes of at least 4 members (excludes halogenated alkanes) is 2. The minimum absolute atomic E-state index is 0.0788. The predicted molar refractivity (Wildman–Crippen MR) is 158 cm³/mol. The molecule has 2 saturated heterocycles. The number of aryl methyl sites for hydroxylation is 1. The lowest BCUT2D eigenvalue weighted by Crippen LogP contribution is -2.34. The fraction of sp³-hybridized carbons (Fsp3) is 0.406. The molecule has 40 heavy (non-hydrogen) atoms. The fourth-order valence-electron chi connectivity index (χ4n) is 6.17. The normalized spacial score (nSPS) is 16.4. The average molecular weight is 540 g/mol. The van der Waals surface area contributed by atoms with Gasteiger partial charge < -0.3 is 19.5 Å². The van der Waals surface area contributed by atoms with E-state index < -0.39 is 0 Å². The molecule has 0 spiro atoms. The van der Waals surface area contributed by atoms with Crippen molar-refractivity contribution in [3.8, 4) is 17.0 Å². The number of carbonyl (C=O) groups is 1. The highest BCUT2D eigenvalue weighted by atomic mass is 16.3. The Balaban J connectivity index is 1.30.